The Labute approximate surface area is 206 Å². The quantitative estimate of drug-likeness (QED) is 0.319. The van der Waals surface area contributed by atoms with Crippen LogP contribution in [0.5, 0.6) is 11.5 Å². The molecule has 0 aliphatic heterocycles. The van der Waals surface area contributed by atoms with Gasteiger partial charge >= 0.3 is 0 Å². The van der Waals surface area contributed by atoms with Crippen LogP contribution >= 0.6 is 0 Å². The Bertz CT molecular complexity index is 1260. The Balaban J connectivity index is 1.84. The number of carbonyl (C=O) groups is 1. The van der Waals surface area contributed by atoms with E-state index in [0.717, 1.165) is 21.2 Å². The molecule has 3 aromatic rings. The zero-order valence-electron chi connectivity index (χ0n) is 20.0. The summed E-state index contributed by atoms with van der Waals surface area (Å²) in [5, 5.41) is 3.97. The van der Waals surface area contributed by atoms with E-state index < -0.39 is 22.5 Å². The molecule has 0 bridgehead atoms. The molecule has 0 fully saturated rings. The molecule has 0 saturated carbocycles. The van der Waals surface area contributed by atoms with Gasteiger partial charge < -0.3 is 9.47 Å². The van der Waals surface area contributed by atoms with Gasteiger partial charge in [0.25, 0.3) is 15.9 Å². The van der Waals surface area contributed by atoms with Crippen molar-refractivity contribution in [2.45, 2.75) is 25.7 Å². The van der Waals surface area contributed by atoms with Crippen molar-refractivity contribution < 1.29 is 22.7 Å². The minimum Gasteiger partial charge on any atom is -0.494 e. The molecule has 1 N–H and O–H groups in total. The van der Waals surface area contributed by atoms with Crippen LogP contribution in [0.15, 0.2) is 82.8 Å². The zero-order valence-corrected chi connectivity index (χ0v) is 20.8. The van der Waals surface area contributed by atoms with E-state index in [1.165, 1.54) is 18.3 Å². The number of aryl methyl sites for hydroxylation is 1. The van der Waals surface area contributed by atoms with E-state index in [0.29, 0.717) is 19.0 Å². The van der Waals surface area contributed by atoms with Gasteiger partial charge in [0.1, 0.15) is 18.0 Å². The number of rotatable bonds is 11. The lowest BCUT2D eigenvalue weighted by Crippen LogP contribution is -2.39. The summed E-state index contributed by atoms with van der Waals surface area (Å²) < 4.78 is 39.2. The fraction of sp³-hybridized carbons (Fsp3) is 0.231. The largest absolute Gasteiger partial charge is 0.494 e. The van der Waals surface area contributed by atoms with Gasteiger partial charge in [0.15, 0.2) is 0 Å². The highest BCUT2D eigenvalue weighted by Gasteiger charge is 2.29. The number of anilines is 1. The third kappa shape index (κ3) is 6.83. The van der Waals surface area contributed by atoms with Gasteiger partial charge in [-0.25, -0.2) is 13.8 Å². The van der Waals surface area contributed by atoms with Crippen molar-refractivity contribution in [3.05, 3.63) is 83.9 Å². The number of carbonyl (C=O) groups excluding carboxylic acids is 1. The number of hydrogen-bond acceptors (Lipinski definition) is 6. The van der Waals surface area contributed by atoms with Crippen molar-refractivity contribution in [3.63, 3.8) is 0 Å². The molecule has 1 amide bonds. The second-order valence-electron chi connectivity index (χ2n) is 7.52. The van der Waals surface area contributed by atoms with E-state index in [1.807, 2.05) is 13.8 Å². The maximum absolute atomic E-state index is 13.6. The summed E-state index contributed by atoms with van der Waals surface area (Å²) in [6.07, 6.45) is 1.47. The first-order chi connectivity index (χ1) is 16.8. The Hall–Kier alpha value is -3.85. The van der Waals surface area contributed by atoms with Gasteiger partial charge in [0, 0.05) is 0 Å². The third-order valence-corrected chi connectivity index (χ3v) is 6.70. The van der Waals surface area contributed by atoms with Crippen LogP contribution in [0, 0.1) is 6.92 Å². The van der Waals surface area contributed by atoms with Crippen LogP contribution in [0.1, 0.15) is 25.0 Å². The summed E-state index contributed by atoms with van der Waals surface area (Å²) >= 11 is 0. The molecule has 0 heterocycles. The predicted molar refractivity (Wildman–Crippen MR) is 137 cm³/mol. The number of sulfonamides is 1. The van der Waals surface area contributed by atoms with Gasteiger partial charge in [-0.3, -0.25) is 9.10 Å². The first-order valence-corrected chi connectivity index (χ1v) is 12.6. The Kier molecular flexibility index (Phi) is 8.86. The molecule has 3 aromatic carbocycles. The van der Waals surface area contributed by atoms with Crippen molar-refractivity contribution in [2.24, 2.45) is 5.10 Å². The monoisotopic (exact) mass is 495 g/mol. The third-order valence-electron chi connectivity index (χ3n) is 4.92. The van der Waals surface area contributed by atoms with E-state index in [2.05, 4.69) is 10.5 Å². The van der Waals surface area contributed by atoms with Crippen LogP contribution in [0.3, 0.4) is 0 Å². The minimum atomic E-state index is -4.07. The average molecular weight is 496 g/mol. The maximum Gasteiger partial charge on any atom is 0.264 e. The Morgan fingerprint density at radius 2 is 1.60 bits per heavy atom. The van der Waals surface area contributed by atoms with Gasteiger partial charge in [0.05, 0.1) is 30.0 Å². The Morgan fingerprint density at radius 1 is 0.943 bits per heavy atom. The molecule has 8 nitrogen and oxygen atoms in total. The lowest BCUT2D eigenvalue weighted by Gasteiger charge is -2.25. The summed E-state index contributed by atoms with van der Waals surface area (Å²) in [4.78, 5) is 12.8. The number of benzene rings is 3. The molecule has 0 aromatic heterocycles. The number of ether oxygens (including phenoxy) is 2. The maximum atomic E-state index is 13.6. The molecule has 0 saturated heterocycles. The summed E-state index contributed by atoms with van der Waals surface area (Å²) in [5.41, 5.74) is 4.34. The van der Waals surface area contributed by atoms with Crippen molar-refractivity contribution >= 4 is 27.8 Å². The molecule has 0 aliphatic rings. The van der Waals surface area contributed by atoms with Gasteiger partial charge in [-0.05, 0) is 74.9 Å². The lowest BCUT2D eigenvalue weighted by atomic mass is 10.2. The standard InChI is InChI=1S/C26H29N3O5S/c1-4-33-22-14-12-21(13-15-22)18-27-28-26(30)19-29(24-8-6-7-9-25(24)34-5-2)35(31,32)23-16-10-20(3)11-17-23/h6-18H,4-5,19H2,1-3H3,(H,28,30)/b27-18-. The summed E-state index contributed by atoms with van der Waals surface area (Å²) in [6.45, 7) is 6.00. The van der Waals surface area contributed by atoms with Crippen LogP contribution in [-0.4, -0.2) is 40.3 Å². The number of nitrogens with one attached hydrogen (secondary N) is 1. The SMILES string of the molecule is CCOc1ccc(/C=N\NC(=O)CN(c2ccccc2OCC)S(=O)(=O)c2ccc(C)cc2)cc1. The van der Waals surface area contributed by atoms with Crippen molar-refractivity contribution in [1.82, 2.24) is 5.43 Å². The topological polar surface area (TPSA) is 97.3 Å². The fourth-order valence-electron chi connectivity index (χ4n) is 3.24. The number of nitrogens with zero attached hydrogens (tertiary/aromatic N) is 2. The highest BCUT2D eigenvalue weighted by molar-refractivity contribution is 7.92. The molecule has 9 heteroatoms. The number of hydrazone groups is 1. The second kappa shape index (κ2) is 12.0. The van der Waals surface area contributed by atoms with Crippen molar-refractivity contribution in [2.75, 3.05) is 24.1 Å². The normalized spacial score (nSPS) is 11.3. The molecule has 0 spiro atoms. The number of hydrogen-bond donors (Lipinski definition) is 1. The predicted octanol–water partition coefficient (Wildman–Crippen LogP) is 4.14. The molecule has 0 radical (unpaired) electrons. The molecule has 35 heavy (non-hydrogen) atoms. The molecular formula is C26H29N3O5S. The summed E-state index contributed by atoms with van der Waals surface area (Å²) in [5.74, 6) is 0.490. The van der Waals surface area contributed by atoms with E-state index in [9.17, 15) is 13.2 Å². The smallest absolute Gasteiger partial charge is 0.264 e. The van der Waals surface area contributed by atoms with E-state index in [4.69, 9.17) is 9.47 Å². The second-order valence-corrected chi connectivity index (χ2v) is 9.38. The number of para-hydroxylation sites is 2. The van der Waals surface area contributed by atoms with E-state index in [1.54, 1.807) is 67.6 Å². The highest BCUT2D eigenvalue weighted by atomic mass is 32.2. The fourth-order valence-corrected chi connectivity index (χ4v) is 4.67. The molecule has 184 valence electrons. The minimum absolute atomic E-state index is 0.0695. The molecule has 0 aliphatic carbocycles. The molecule has 3 rings (SSSR count). The van der Waals surface area contributed by atoms with E-state index >= 15 is 0 Å². The van der Waals surface area contributed by atoms with Crippen LogP contribution < -0.4 is 19.2 Å². The Morgan fingerprint density at radius 3 is 2.26 bits per heavy atom. The van der Waals surface area contributed by atoms with E-state index in [-0.39, 0.29) is 10.6 Å². The number of amides is 1. The zero-order chi connectivity index (χ0) is 25.3. The van der Waals surface area contributed by atoms with Gasteiger partial charge in [0.2, 0.25) is 0 Å². The van der Waals surface area contributed by atoms with Crippen LogP contribution in [0.25, 0.3) is 0 Å². The molecule has 0 unspecified atom stereocenters. The molecular weight excluding hydrogens is 466 g/mol. The summed E-state index contributed by atoms with van der Waals surface area (Å²) in [7, 11) is -4.07. The lowest BCUT2D eigenvalue weighted by molar-refractivity contribution is -0.119. The molecule has 0 atom stereocenters. The van der Waals surface area contributed by atoms with Gasteiger partial charge in [-0.1, -0.05) is 29.8 Å². The van der Waals surface area contributed by atoms with Crippen LogP contribution in [0.4, 0.5) is 5.69 Å². The van der Waals surface area contributed by atoms with Crippen LogP contribution in [0.2, 0.25) is 0 Å². The first-order valence-electron chi connectivity index (χ1n) is 11.2. The van der Waals surface area contributed by atoms with Gasteiger partial charge in [-0.15, -0.1) is 0 Å². The average Bonchev–Trinajstić information content (AvgIpc) is 2.85. The van der Waals surface area contributed by atoms with Crippen LogP contribution in [-0.2, 0) is 14.8 Å². The highest BCUT2D eigenvalue weighted by Crippen LogP contribution is 2.32. The van der Waals surface area contributed by atoms with Gasteiger partial charge in [-0.2, -0.15) is 5.10 Å². The van der Waals surface area contributed by atoms with Crippen molar-refractivity contribution in [1.29, 1.82) is 0 Å². The first kappa shape index (κ1) is 25.8. The summed E-state index contributed by atoms with van der Waals surface area (Å²) in [6, 6.07) is 20.4. The van der Waals surface area contributed by atoms with Crippen molar-refractivity contribution in [3.8, 4) is 11.5 Å².